The molecule has 1 rings (SSSR count). The van der Waals surface area contributed by atoms with E-state index < -0.39 is 8.80 Å². The van der Waals surface area contributed by atoms with E-state index in [1.807, 2.05) is 27.7 Å². The number of ether oxygens (including phenoxy) is 4. The minimum Gasteiger partial charge on any atom is -0.377 e. The van der Waals surface area contributed by atoms with E-state index in [4.69, 9.17) is 27.5 Å². The van der Waals surface area contributed by atoms with Crippen LogP contribution in [0.25, 0.3) is 0 Å². The van der Waals surface area contributed by atoms with Gasteiger partial charge in [0.2, 0.25) is 0 Å². The van der Waals surface area contributed by atoms with Crippen molar-refractivity contribution in [1.82, 2.24) is 0 Å². The summed E-state index contributed by atoms with van der Waals surface area (Å²) in [6, 6.07) is 0.639. The molecule has 1 aliphatic heterocycles. The first-order chi connectivity index (χ1) is 10.2. The standard InChI is InChI=1S/C11H26O6Si.C2H4O/c1-5-12-9-15-18(8-4,16-10-13-6-2)17-11-14-7-3;1-2-3-1/h5-11H2,1-4H3;1-2H2. The summed E-state index contributed by atoms with van der Waals surface area (Å²) in [4.78, 5) is 0. The zero-order valence-corrected chi connectivity index (χ0v) is 14.7. The van der Waals surface area contributed by atoms with Gasteiger partial charge in [0.25, 0.3) is 0 Å². The van der Waals surface area contributed by atoms with Crippen LogP contribution in [0.15, 0.2) is 0 Å². The molecule has 7 nitrogen and oxygen atoms in total. The van der Waals surface area contributed by atoms with E-state index in [9.17, 15) is 0 Å². The summed E-state index contributed by atoms with van der Waals surface area (Å²) in [5, 5.41) is 0. The molecule has 128 valence electrons. The average molecular weight is 326 g/mol. The third-order valence-corrected chi connectivity index (χ3v) is 4.88. The molecule has 0 amide bonds. The second-order valence-electron chi connectivity index (χ2n) is 3.91. The van der Waals surface area contributed by atoms with Crippen molar-refractivity contribution in [2.24, 2.45) is 0 Å². The molecule has 0 N–H and O–H groups in total. The molecular formula is C13H30O7Si. The lowest BCUT2D eigenvalue weighted by Crippen LogP contribution is -2.46. The summed E-state index contributed by atoms with van der Waals surface area (Å²) in [5.41, 5.74) is 0. The molecule has 1 saturated heterocycles. The van der Waals surface area contributed by atoms with Crippen LogP contribution < -0.4 is 0 Å². The summed E-state index contributed by atoms with van der Waals surface area (Å²) >= 11 is 0. The maximum atomic E-state index is 5.62. The van der Waals surface area contributed by atoms with Crippen molar-refractivity contribution < 1.29 is 32.2 Å². The number of hydrogen-bond donors (Lipinski definition) is 0. The molecular weight excluding hydrogens is 296 g/mol. The fourth-order valence-electron chi connectivity index (χ4n) is 1.08. The van der Waals surface area contributed by atoms with E-state index in [0.717, 1.165) is 13.2 Å². The van der Waals surface area contributed by atoms with Crippen LogP contribution in [0.5, 0.6) is 0 Å². The first-order valence-electron chi connectivity index (χ1n) is 7.47. The molecule has 0 aliphatic carbocycles. The van der Waals surface area contributed by atoms with Crippen LogP contribution in [0.1, 0.15) is 27.7 Å². The van der Waals surface area contributed by atoms with Crippen LogP contribution >= 0.6 is 0 Å². The van der Waals surface area contributed by atoms with Gasteiger partial charge in [-0.25, -0.2) is 0 Å². The van der Waals surface area contributed by atoms with Crippen LogP contribution in [0.3, 0.4) is 0 Å². The fraction of sp³-hybridized carbons (Fsp3) is 1.00. The lowest BCUT2D eigenvalue weighted by Gasteiger charge is -2.28. The van der Waals surface area contributed by atoms with Crippen LogP contribution in [0.2, 0.25) is 6.04 Å². The Morgan fingerprint density at radius 3 is 1.24 bits per heavy atom. The molecule has 1 fully saturated rings. The Hall–Kier alpha value is -0.0631. The van der Waals surface area contributed by atoms with Crippen molar-refractivity contribution in [3.05, 3.63) is 0 Å². The second kappa shape index (κ2) is 14.9. The van der Waals surface area contributed by atoms with E-state index >= 15 is 0 Å². The summed E-state index contributed by atoms with van der Waals surface area (Å²) in [6.07, 6.45) is 0. The molecule has 0 bridgehead atoms. The van der Waals surface area contributed by atoms with Gasteiger partial charge in [0.1, 0.15) is 20.4 Å². The lowest BCUT2D eigenvalue weighted by molar-refractivity contribution is -0.0997. The molecule has 8 heteroatoms. The van der Waals surface area contributed by atoms with Crippen molar-refractivity contribution in [3.63, 3.8) is 0 Å². The Morgan fingerprint density at radius 2 is 1.05 bits per heavy atom. The Morgan fingerprint density at radius 1 is 0.714 bits per heavy atom. The second-order valence-corrected chi connectivity index (χ2v) is 6.85. The van der Waals surface area contributed by atoms with Gasteiger partial charge in [0.15, 0.2) is 0 Å². The molecule has 1 heterocycles. The quantitative estimate of drug-likeness (QED) is 0.222. The molecule has 0 radical (unpaired) electrons. The summed E-state index contributed by atoms with van der Waals surface area (Å²) < 4.78 is 36.9. The van der Waals surface area contributed by atoms with Gasteiger partial charge in [-0.2, -0.15) is 0 Å². The van der Waals surface area contributed by atoms with Crippen molar-refractivity contribution >= 4 is 8.80 Å². The van der Waals surface area contributed by atoms with Gasteiger partial charge in [-0.05, 0) is 20.8 Å². The third kappa shape index (κ3) is 13.3. The highest BCUT2D eigenvalue weighted by Crippen LogP contribution is 2.15. The van der Waals surface area contributed by atoms with E-state index in [1.54, 1.807) is 0 Å². The average Bonchev–Trinajstić information content (AvgIpc) is 3.36. The third-order valence-electron chi connectivity index (χ3n) is 2.34. The van der Waals surface area contributed by atoms with Crippen LogP contribution in [-0.4, -0.2) is 62.2 Å². The normalized spacial score (nSPS) is 13.7. The van der Waals surface area contributed by atoms with Crippen LogP contribution in [0.4, 0.5) is 0 Å². The first-order valence-corrected chi connectivity index (χ1v) is 9.40. The van der Waals surface area contributed by atoms with E-state index in [0.29, 0.717) is 25.9 Å². The van der Waals surface area contributed by atoms with E-state index in [2.05, 4.69) is 4.74 Å². The summed E-state index contributed by atoms with van der Waals surface area (Å²) in [5.74, 6) is 0. The Bertz CT molecular complexity index is 187. The number of rotatable bonds is 13. The molecule has 0 aromatic heterocycles. The van der Waals surface area contributed by atoms with Crippen molar-refractivity contribution in [2.45, 2.75) is 33.7 Å². The van der Waals surface area contributed by atoms with Gasteiger partial charge >= 0.3 is 8.80 Å². The molecule has 1 aliphatic rings. The van der Waals surface area contributed by atoms with Crippen LogP contribution in [-0.2, 0) is 32.2 Å². The van der Waals surface area contributed by atoms with Gasteiger partial charge in [-0.15, -0.1) is 0 Å². The van der Waals surface area contributed by atoms with Crippen LogP contribution in [0, 0.1) is 0 Å². The molecule has 0 unspecified atom stereocenters. The maximum Gasteiger partial charge on any atom is 0.505 e. The highest BCUT2D eigenvalue weighted by molar-refractivity contribution is 6.60. The van der Waals surface area contributed by atoms with Gasteiger partial charge in [-0.1, -0.05) is 6.92 Å². The lowest BCUT2D eigenvalue weighted by atomic mass is 10.9. The van der Waals surface area contributed by atoms with E-state index in [-0.39, 0.29) is 20.4 Å². The molecule has 0 saturated carbocycles. The van der Waals surface area contributed by atoms with Crippen molar-refractivity contribution in [1.29, 1.82) is 0 Å². The van der Waals surface area contributed by atoms with Crippen molar-refractivity contribution in [3.8, 4) is 0 Å². The smallest absolute Gasteiger partial charge is 0.377 e. The van der Waals surface area contributed by atoms with Gasteiger partial charge < -0.3 is 32.2 Å². The van der Waals surface area contributed by atoms with Crippen molar-refractivity contribution in [2.75, 3.05) is 53.4 Å². The zero-order chi connectivity index (χ0) is 15.8. The summed E-state index contributed by atoms with van der Waals surface area (Å²) in [6.45, 7) is 11.9. The monoisotopic (exact) mass is 326 g/mol. The Balaban J connectivity index is 0.00000117. The van der Waals surface area contributed by atoms with Gasteiger partial charge in [0, 0.05) is 25.9 Å². The molecule has 21 heavy (non-hydrogen) atoms. The zero-order valence-electron chi connectivity index (χ0n) is 13.7. The van der Waals surface area contributed by atoms with Gasteiger partial charge in [-0.3, -0.25) is 0 Å². The van der Waals surface area contributed by atoms with Gasteiger partial charge in [0.05, 0.1) is 13.2 Å². The molecule has 0 aromatic rings. The van der Waals surface area contributed by atoms with E-state index in [1.165, 1.54) is 0 Å². The predicted molar refractivity (Wildman–Crippen MR) is 79.8 cm³/mol. The molecule has 0 aromatic carbocycles. The highest BCUT2D eigenvalue weighted by atomic mass is 28.4. The minimum atomic E-state index is -2.76. The SMILES string of the molecule is C1CO1.CCOCO[Si](CC)(OCOCC)OCOCC. The highest BCUT2D eigenvalue weighted by Gasteiger charge is 2.39. The number of hydrogen-bond acceptors (Lipinski definition) is 7. The maximum absolute atomic E-state index is 5.62. The molecule has 0 atom stereocenters. The Labute approximate surface area is 129 Å². The first kappa shape index (κ1) is 20.9. The Kier molecular flexibility index (Phi) is 14.8. The predicted octanol–water partition coefficient (Wildman–Crippen LogP) is 1.99. The fourth-order valence-corrected chi connectivity index (χ4v) is 2.73. The molecule has 0 spiro atoms. The largest absolute Gasteiger partial charge is 0.505 e. The topological polar surface area (TPSA) is 67.9 Å². The summed E-state index contributed by atoms with van der Waals surface area (Å²) in [7, 11) is -2.76. The number of epoxide rings is 1. The minimum absolute atomic E-state index is 0.162.